The summed E-state index contributed by atoms with van der Waals surface area (Å²) in [5.41, 5.74) is 2.28. The number of benzene rings is 2. The molecule has 0 bridgehead atoms. The third kappa shape index (κ3) is 9.22. The first-order valence-electron chi connectivity index (χ1n) is 15.8. The van der Waals surface area contributed by atoms with Gasteiger partial charge in [-0.1, -0.05) is 49.9 Å². The molecule has 12 heteroatoms. The van der Waals surface area contributed by atoms with Crippen molar-refractivity contribution in [1.29, 1.82) is 0 Å². The first-order valence-corrected chi connectivity index (χ1v) is 16.7. The molecule has 0 unspecified atom stereocenters. The molecule has 0 radical (unpaired) electrons. The van der Waals surface area contributed by atoms with Gasteiger partial charge in [0, 0.05) is 46.2 Å². The fourth-order valence-electron chi connectivity index (χ4n) is 5.86. The van der Waals surface area contributed by atoms with Crippen molar-refractivity contribution in [3.05, 3.63) is 54.1 Å². The number of fused-ring (bicyclic) bond motifs is 1. The van der Waals surface area contributed by atoms with E-state index in [1.165, 1.54) is 25.8 Å². The van der Waals surface area contributed by atoms with E-state index in [4.69, 9.17) is 18.6 Å². The van der Waals surface area contributed by atoms with Crippen LogP contribution < -0.4 is 4.74 Å². The smallest absolute Gasteiger partial charge is 0.257 e. The molecule has 2 amide bonds. The van der Waals surface area contributed by atoms with Crippen molar-refractivity contribution in [1.82, 2.24) is 14.8 Å². The van der Waals surface area contributed by atoms with Crippen LogP contribution >= 0.6 is 11.8 Å². The van der Waals surface area contributed by atoms with Gasteiger partial charge < -0.3 is 38.6 Å². The van der Waals surface area contributed by atoms with Crippen molar-refractivity contribution in [2.75, 3.05) is 52.8 Å². The number of hydrogen-bond acceptors (Lipinski definition) is 10. The number of oxazole rings is 1. The van der Waals surface area contributed by atoms with Crippen LogP contribution in [0.4, 0.5) is 0 Å². The molecule has 1 saturated heterocycles. The van der Waals surface area contributed by atoms with Crippen LogP contribution in [0, 0.1) is 11.8 Å². The summed E-state index contributed by atoms with van der Waals surface area (Å²) in [6.07, 6.45) is -2.02. The number of methoxy groups -OCH3 is 2. The van der Waals surface area contributed by atoms with E-state index >= 15 is 0 Å². The van der Waals surface area contributed by atoms with E-state index in [1.54, 1.807) is 12.0 Å². The van der Waals surface area contributed by atoms with Crippen LogP contribution in [0.1, 0.15) is 45.2 Å². The lowest BCUT2D eigenvalue weighted by molar-refractivity contribution is -0.139. The molecule has 252 valence electrons. The molecule has 2 heterocycles. The number of carbonyl (C=O) groups is 2. The van der Waals surface area contributed by atoms with Crippen LogP contribution in [0.5, 0.6) is 5.75 Å². The van der Waals surface area contributed by atoms with Crippen molar-refractivity contribution in [2.24, 2.45) is 11.8 Å². The number of para-hydroxylation sites is 2. The van der Waals surface area contributed by atoms with Crippen LogP contribution in [0.2, 0.25) is 0 Å². The number of carbonyl (C=O) groups excluding carboxylic acids is 2. The second-order valence-electron chi connectivity index (χ2n) is 12.0. The van der Waals surface area contributed by atoms with Gasteiger partial charge in [0.1, 0.15) is 29.6 Å². The molecule has 1 aliphatic rings. The first kappa shape index (κ1) is 35.7. The number of aliphatic hydroxyl groups excluding tert-OH is 2. The Morgan fingerprint density at radius 1 is 1.09 bits per heavy atom. The Bertz CT molecular complexity index is 1380. The molecule has 2 aromatic carbocycles. The number of aliphatic hydroxyl groups is 2. The summed E-state index contributed by atoms with van der Waals surface area (Å²) in [6.45, 7) is 6.69. The molecule has 3 aromatic rings. The Hall–Kier alpha value is -3.16. The largest absolute Gasteiger partial charge is 0.497 e. The van der Waals surface area contributed by atoms with E-state index in [0.29, 0.717) is 42.5 Å². The van der Waals surface area contributed by atoms with Crippen LogP contribution in [0.25, 0.3) is 11.1 Å². The van der Waals surface area contributed by atoms with Crippen LogP contribution in [-0.4, -0.2) is 108 Å². The summed E-state index contributed by atoms with van der Waals surface area (Å²) in [5, 5.41) is 22.0. The SMILES string of the molecule is COc1cccc([C@@H]2[C@@H](C(C)C)CN(C(C)=O)C[C@H](OC)[C@@H](O)[C@@H](O)COCCCCN2C(=O)CSc2nc3ccccc3o2)c1. The Morgan fingerprint density at radius 3 is 2.57 bits per heavy atom. The third-order valence-electron chi connectivity index (χ3n) is 8.53. The molecule has 5 atom stereocenters. The van der Waals surface area contributed by atoms with Crippen LogP contribution in [-0.2, 0) is 19.1 Å². The molecule has 11 nitrogen and oxygen atoms in total. The Labute approximate surface area is 275 Å². The minimum Gasteiger partial charge on any atom is -0.497 e. The van der Waals surface area contributed by atoms with E-state index in [2.05, 4.69) is 18.8 Å². The predicted molar refractivity (Wildman–Crippen MR) is 176 cm³/mol. The monoisotopic (exact) mass is 657 g/mol. The van der Waals surface area contributed by atoms with Crippen LogP contribution in [0.15, 0.2) is 58.2 Å². The summed E-state index contributed by atoms with van der Waals surface area (Å²) >= 11 is 1.25. The van der Waals surface area contributed by atoms with E-state index < -0.39 is 24.4 Å². The quantitative estimate of drug-likeness (QED) is 0.357. The van der Waals surface area contributed by atoms with Crippen molar-refractivity contribution < 1.29 is 38.4 Å². The number of ether oxygens (including phenoxy) is 3. The second-order valence-corrected chi connectivity index (χ2v) is 12.9. The van der Waals surface area contributed by atoms with Gasteiger partial charge in [0.25, 0.3) is 5.22 Å². The van der Waals surface area contributed by atoms with E-state index in [-0.39, 0.29) is 49.1 Å². The van der Waals surface area contributed by atoms with E-state index in [0.717, 1.165) is 11.1 Å². The lowest BCUT2D eigenvalue weighted by atomic mass is 9.82. The van der Waals surface area contributed by atoms with Gasteiger partial charge >= 0.3 is 0 Å². The fraction of sp³-hybridized carbons (Fsp3) is 0.559. The maximum absolute atomic E-state index is 14.3. The lowest BCUT2D eigenvalue weighted by Crippen LogP contribution is -2.51. The maximum Gasteiger partial charge on any atom is 0.257 e. The number of rotatable bonds is 7. The number of nitrogens with zero attached hydrogens (tertiary/aromatic N) is 3. The number of thioether (sulfide) groups is 1. The topological polar surface area (TPSA) is 135 Å². The maximum atomic E-state index is 14.3. The fourth-order valence-corrected chi connectivity index (χ4v) is 6.58. The lowest BCUT2D eigenvalue weighted by Gasteiger charge is -2.42. The van der Waals surface area contributed by atoms with Crippen molar-refractivity contribution in [2.45, 2.75) is 63.2 Å². The average Bonchev–Trinajstić information content (AvgIpc) is 3.47. The molecule has 0 spiro atoms. The zero-order valence-corrected chi connectivity index (χ0v) is 28.2. The number of aromatic nitrogens is 1. The summed E-state index contributed by atoms with van der Waals surface area (Å²) < 4.78 is 22.7. The Morgan fingerprint density at radius 2 is 1.87 bits per heavy atom. The normalized spacial score (nSPS) is 24.0. The Balaban J connectivity index is 1.74. The molecule has 0 aliphatic carbocycles. The Kier molecular flexibility index (Phi) is 13.3. The second kappa shape index (κ2) is 17.1. The zero-order valence-electron chi connectivity index (χ0n) is 27.3. The summed E-state index contributed by atoms with van der Waals surface area (Å²) in [7, 11) is 3.05. The summed E-state index contributed by atoms with van der Waals surface area (Å²) in [4.78, 5) is 35.5. The molecule has 4 rings (SSSR count). The van der Waals surface area contributed by atoms with Gasteiger partial charge in [-0.25, -0.2) is 4.98 Å². The van der Waals surface area contributed by atoms with Crippen molar-refractivity contribution in [3.8, 4) is 5.75 Å². The van der Waals surface area contributed by atoms with Gasteiger partial charge in [0.05, 0.1) is 25.5 Å². The number of amides is 2. The van der Waals surface area contributed by atoms with Crippen molar-refractivity contribution >= 4 is 34.7 Å². The predicted octanol–water partition coefficient (Wildman–Crippen LogP) is 4.17. The first-order chi connectivity index (χ1) is 22.1. The standard InChI is InChI=1S/C34H47N3O8S/c1-22(2)26-18-36(23(3)38)19-30(43-5)33(41)28(39)20-44-16-9-8-15-37(32(26)24-11-10-12-25(17-24)42-4)31(40)21-46-34-35-27-13-6-7-14-29(27)45-34/h6-7,10-14,17,22,26,28,30,32-33,39,41H,8-9,15-16,18-21H2,1-5H3/t26-,28+,30+,32-,33+/m1/s1. The van der Waals surface area contributed by atoms with Gasteiger partial charge in [-0.3, -0.25) is 9.59 Å². The average molecular weight is 658 g/mol. The molecule has 0 saturated carbocycles. The summed E-state index contributed by atoms with van der Waals surface area (Å²) in [5.74, 6) is 0.297. The highest BCUT2D eigenvalue weighted by atomic mass is 32.2. The minimum atomic E-state index is -1.26. The van der Waals surface area contributed by atoms with Gasteiger partial charge in [0.15, 0.2) is 5.58 Å². The van der Waals surface area contributed by atoms with E-state index in [1.807, 2.05) is 53.4 Å². The molecule has 1 aromatic heterocycles. The molecular weight excluding hydrogens is 610 g/mol. The highest BCUT2D eigenvalue weighted by Crippen LogP contribution is 2.37. The highest BCUT2D eigenvalue weighted by molar-refractivity contribution is 7.99. The third-order valence-corrected chi connectivity index (χ3v) is 9.34. The molecular formula is C34H47N3O8S. The van der Waals surface area contributed by atoms with Gasteiger partial charge in [-0.15, -0.1) is 0 Å². The molecule has 46 heavy (non-hydrogen) atoms. The van der Waals surface area contributed by atoms with Crippen LogP contribution in [0.3, 0.4) is 0 Å². The van der Waals surface area contributed by atoms with Gasteiger partial charge in [-0.2, -0.15) is 0 Å². The number of hydrogen-bond donors (Lipinski definition) is 2. The van der Waals surface area contributed by atoms with E-state index in [9.17, 15) is 19.8 Å². The molecule has 1 fully saturated rings. The molecule has 1 aliphatic heterocycles. The highest BCUT2D eigenvalue weighted by Gasteiger charge is 2.37. The summed E-state index contributed by atoms with van der Waals surface area (Å²) in [6, 6.07) is 14.8. The molecule has 2 N–H and O–H groups in total. The van der Waals surface area contributed by atoms with Gasteiger partial charge in [-0.05, 0) is 48.6 Å². The van der Waals surface area contributed by atoms with Crippen molar-refractivity contribution in [3.63, 3.8) is 0 Å². The minimum absolute atomic E-state index is 0.0357. The van der Waals surface area contributed by atoms with Gasteiger partial charge in [0.2, 0.25) is 11.8 Å². The zero-order chi connectivity index (χ0) is 33.2.